The summed E-state index contributed by atoms with van der Waals surface area (Å²) in [6.07, 6.45) is 5.78. The van der Waals surface area contributed by atoms with E-state index in [2.05, 4.69) is 76.1 Å². The van der Waals surface area contributed by atoms with Crippen molar-refractivity contribution in [2.24, 2.45) is 0 Å². The number of benzene rings is 1. The van der Waals surface area contributed by atoms with Crippen LogP contribution in [0.1, 0.15) is 38.1 Å². The highest BCUT2D eigenvalue weighted by molar-refractivity contribution is 5.63. The van der Waals surface area contributed by atoms with Gasteiger partial charge < -0.3 is 0 Å². The quantitative estimate of drug-likeness (QED) is 0.706. The Hall–Kier alpha value is -2.49. The minimum Gasteiger partial charge on any atom is -0.202 e. The molecule has 2 aromatic heterocycles. The Balaban J connectivity index is 2.18. The van der Waals surface area contributed by atoms with Crippen molar-refractivity contribution in [1.29, 1.82) is 0 Å². The standard InChI is InChI=1S/C19H23N4/c1-3-8-17-12-16(15-10-6-5-7-11-15)13-18(9-4-2)23(17)19-20-14-21-22-19/h5-7,10-14H,3-4,8-9H2,1-2H3,(H,20,21,22)/q+1. The van der Waals surface area contributed by atoms with Crippen molar-refractivity contribution in [2.75, 3.05) is 0 Å². The molecule has 0 radical (unpaired) electrons. The fourth-order valence-corrected chi connectivity index (χ4v) is 2.97. The maximum absolute atomic E-state index is 4.37. The van der Waals surface area contributed by atoms with E-state index in [0.717, 1.165) is 31.6 Å². The molecule has 0 spiro atoms. The molecule has 3 rings (SSSR count). The van der Waals surface area contributed by atoms with E-state index < -0.39 is 0 Å². The summed E-state index contributed by atoms with van der Waals surface area (Å²) in [5, 5.41) is 7.04. The number of hydrogen-bond donors (Lipinski definition) is 1. The molecule has 4 heteroatoms. The lowest BCUT2D eigenvalue weighted by Crippen LogP contribution is -2.41. The lowest BCUT2D eigenvalue weighted by molar-refractivity contribution is -0.620. The first-order chi connectivity index (χ1) is 11.3. The molecule has 3 aromatic rings. The maximum Gasteiger partial charge on any atom is 0.422 e. The number of aromatic amines is 1. The van der Waals surface area contributed by atoms with Gasteiger partial charge in [-0.1, -0.05) is 54.3 Å². The van der Waals surface area contributed by atoms with Gasteiger partial charge in [0.15, 0.2) is 0 Å². The van der Waals surface area contributed by atoms with Gasteiger partial charge in [-0.2, -0.15) is 5.10 Å². The van der Waals surface area contributed by atoms with E-state index in [9.17, 15) is 0 Å². The van der Waals surface area contributed by atoms with Crippen molar-refractivity contribution in [2.45, 2.75) is 39.5 Å². The van der Waals surface area contributed by atoms with E-state index in [4.69, 9.17) is 0 Å². The van der Waals surface area contributed by atoms with Crippen LogP contribution in [0.25, 0.3) is 17.1 Å². The predicted octanol–water partition coefficient (Wildman–Crippen LogP) is 3.65. The molecule has 0 saturated heterocycles. The molecule has 1 aromatic carbocycles. The van der Waals surface area contributed by atoms with Crippen LogP contribution in [0.15, 0.2) is 48.8 Å². The fraction of sp³-hybridized carbons (Fsp3) is 0.316. The van der Waals surface area contributed by atoms with Crippen molar-refractivity contribution >= 4 is 0 Å². The zero-order chi connectivity index (χ0) is 16.1. The summed E-state index contributed by atoms with van der Waals surface area (Å²) in [4.78, 5) is 4.37. The van der Waals surface area contributed by atoms with Crippen LogP contribution in [0.5, 0.6) is 0 Å². The maximum atomic E-state index is 4.37. The Labute approximate surface area is 137 Å². The van der Waals surface area contributed by atoms with Crippen LogP contribution in [-0.4, -0.2) is 15.2 Å². The first-order valence-electron chi connectivity index (χ1n) is 8.32. The minimum atomic E-state index is 0.802. The lowest BCUT2D eigenvalue weighted by Gasteiger charge is -2.13. The summed E-state index contributed by atoms with van der Waals surface area (Å²) in [7, 11) is 0. The Morgan fingerprint density at radius 2 is 1.57 bits per heavy atom. The van der Waals surface area contributed by atoms with Crippen LogP contribution in [0.2, 0.25) is 0 Å². The van der Waals surface area contributed by atoms with E-state index >= 15 is 0 Å². The molecule has 0 amide bonds. The number of aromatic nitrogens is 4. The average molecular weight is 307 g/mol. The third kappa shape index (κ3) is 3.31. The summed E-state index contributed by atoms with van der Waals surface area (Å²) in [5.41, 5.74) is 5.07. The smallest absolute Gasteiger partial charge is 0.202 e. The van der Waals surface area contributed by atoms with Gasteiger partial charge in [0.25, 0.3) is 0 Å². The van der Waals surface area contributed by atoms with E-state index in [0.29, 0.717) is 0 Å². The van der Waals surface area contributed by atoms with Gasteiger partial charge in [-0.3, -0.25) is 0 Å². The number of aryl methyl sites for hydroxylation is 2. The highest BCUT2D eigenvalue weighted by Gasteiger charge is 2.19. The number of hydrogen-bond acceptors (Lipinski definition) is 2. The summed E-state index contributed by atoms with van der Waals surface area (Å²) in [6.45, 7) is 4.42. The van der Waals surface area contributed by atoms with Gasteiger partial charge in [0.2, 0.25) is 6.33 Å². The molecule has 0 saturated carbocycles. The highest BCUT2D eigenvalue weighted by Crippen LogP contribution is 2.22. The van der Waals surface area contributed by atoms with Gasteiger partial charge >= 0.3 is 5.95 Å². The molecule has 4 nitrogen and oxygen atoms in total. The van der Waals surface area contributed by atoms with Gasteiger partial charge in [-0.25, -0.2) is 4.57 Å². The van der Waals surface area contributed by atoms with Crippen molar-refractivity contribution in [3.8, 4) is 17.1 Å². The monoisotopic (exact) mass is 307 g/mol. The predicted molar refractivity (Wildman–Crippen MR) is 91.3 cm³/mol. The Morgan fingerprint density at radius 1 is 0.913 bits per heavy atom. The molecule has 1 N–H and O–H groups in total. The van der Waals surface area contributed by atoms with Crippen molar-refractivity contribution in [3.63, 3.8) is 0 Å². The normalized spacial score (nSPS) is 10.9. The number of rotatable bonds is 6. The number of pyridine rings is 1. The number of nitrogens with zero attached hydrogens (tertiary/aromatic N) is 3. The Morgan fingerprint density at radius 3 is 2.09 bits per heavy atom. The minimum absolute atomic E-state index is 0.802. The first-order valence-corrected chi connectivity index (χ1v) is 8.32. The van der Waals surface area contributed by atoms with Gasteiger partial charge in [0.1, 0.15) is 0 Å². The van der Waals surface area contributed by atoms with Crippen LogP contribution in [-0.2, 0) is 12.8 Å². The largest absolute Gasteiger partial charge is 0.422 e. The average Bonchev–Trinajstić information content (AvgIpc) is 3.10. The highest BCUT2D eigenvalue weighted by atomic mass is 15.3. The van der Waals surface area contributed by atoms with Crippen LogP contribution < -0.4 is 4.57 Å². The van der Waals surface area contributed by atoms with E-state index in [1.165, 1.54) is 22.5 Å². The van der Waals surface area contributed by atoms with E-state index in [1.807, 2.05) is 0 Å². The molecule has 118 valence electrons. The molecule has 0 unspecified atom stereocenters. The van der Waals surface area contributed by atoms with Crippen LogP contribution in [0, 0.1) is 0 Å². The molecule has 0 fully saturated rings. The second-order valence-corrected chi connectivity index (χ2v) is 5.74. The Kier molecular flexibility index (Phi) is 4.81. The second-order valence-electron chi connectivity index (χ2n) is 5.74. The van der Waals surface area contributed by atoms with Crippen LogP contribution in [0.3, 0.4) is 0 Å². The number of nitrogens with one attached hydrogen (secondary N) is 1. The molecule has 0 aliphatic carbocycles. The van der Waals surface area contributed by atoms with E-state index in [1.54, 1.807) is 6.33 Å². The third-order valence-electron chi connectivity index (χ3n) is 3.95. The lowest BCUT2D eigenvalue weighted by atomic mass is 10.0. The first kappa shape index (κ1) is 15.4. The summed E-state index contributed by atoms with van der Waals surface area (Å²) in [5.74, 6) is 0.802. The Bertz CT molecular complexity index is 721. The van der Waals surface area contributed by atoms with Gasteiger partial charge in [-0.05, 0) is 36.1 Å². The third-order valence-corrected chi connectivity index (χ3v) is 3.95. The molecule has 2 heterocycles. The van der Waals surface area contributed by atoms with Crippen LogP contribution in [0.4, 0.5) is 0 Å². The summed E-state index contributed by atoms with van der Waals surface area (Å²) < 4.78 is 2.23. The van der Waals surface area contributed by atoms with Crippen LogP contribution >= 0.6 is 0 Å². The number of H-pyrrole nitrogens is 1. The van der Waals surface area contributed by atoms with E-state index in [-0.39, 0.29) is 0 Å². The fourth-order valence-electron chi connectivity index (χ4n) is 2.97. The van der Waals surface area contributed by atoms with Gasteiger partial charge in [-0.15, -0.1) is 0 Å². The van der Waals surface area contributed by atoms with Crippen molar-refractivity contribution in [1.82, 2.24) is 15.2 Å². The van der Waals surface area contributed by atoms with Gasteiger partial charge in [0, 0.05) is 12.8 Å². The zero-order valence-corrected chi connectivity index (χ0v) is 13.8. The van der Waals surface area contributed by atoms with Gasteiger partial charge in [0.05, 0.1) is 11.4 Å². The molecule has 0 atom stereocenters. The molecular weight excluding hydrogens is 284 g/mol. The molecule has 0 aliphatic heterocycles. The molecular formula is C19H23N4+. The van der Waals surface area contributed by atoms with Crippen molar-refractivity contribution in [3.05, 3.63) is 60.2 Å². The molecule has 0 bridgehead atoms. The zero-order valence-electron chi connectivity index (χ0n) is 13.8. The summed E-state index contributed by atoms with van der Waals surface area (Å²) >= 11 is 0. The molecule has 0 aliphatic rings. The van der Waals surface area contributed by atoms with Crippen molar-refractivity contribution < 1.29 is 4.57 Å². The topological polar surface area (TPSA) is 45.5 Å². The SMILES string of the molecule is CCCc1cc(-c2ccccc2)cc(CCC)[n+]1-c1ncn[nH]1. The summed E-state index contributed by atoms with van der Waals surface area (Å²) in [6, 6.07) is 15.1. The molecule has 23 heavy (non-hydrogen) atoms. The second kappa shape index (κ2) is 7.18.